The van der Waals surface area contributed by atoms with Crippen molar-refractivity contribution in [3.05, 3.63) is 44.9 Å². The standard InChI is InChI=1S/C16H16ClN3O2S/c1-10-19-13(9-23-10)8-18-15(21)16(22)20-6-2-3-11-7-12(17)4-5-14(11)20/h4-5,7,9H,2-3,6,8H2,1H3,(H,18,21). The molecule has 0 spiro atoms. The van der Waals surface area contributed by atoms with Gasteiger partial charge in [-0.15, -0.1) is 11.3 Å². The van der Waals surface area contributed by atoms with Gasteiger partial charge in [0.2, 0.25) is 0 Å². The van der Waals surface area contributed by atoms with Gasteiger partial charge in [0.1, 0.15) is 0 Å². The van der Waals surface area contributed by atoms with Crippen molar-refractivity contribution in [3.63, 3.8) is 0 Å². The van der Waals surface area contributed by atoms with Gasteiger partial charge in [0.05, 0.1) is 17.2 Å². The Kier molecular flexibility index (Phi) is 4.63. The number of amides is 2. The van der Waals surface area contributed by atoms with Gasteiger partial charge in [-0.3, -0.25) is 9.59 Å². The summed E-state index contributed by atoms with van der Waals surface area (Å²) in [6.45, 7) is 2.70. The lowest BCUT2D eigenvalue weighted by Crippen LogP contribution is -2.45. The summed E-state index contributed by atoms with van der Waals surface area (Å²) in [5.74, 6) is -1.15. The summed E-state index contributed by atoms with van der Waals surface area (Å²) < 4.78 is 0. The van der Waals surface area contributed by atoms with E-state index in [4.69, 9.17) is 11.6 Å². The van der Waals surface area contributed by atoms with Crippen LogP contribution in [0.4, 0.5) is 5.69 Å². The molecular formula is C16H16ClN3O2S. The quantitative estimate of drug-likeness (QED) is 0.848. The van der Waals surface area contributed by atoms with Gasteiger partial charge >= 0.3 is 11.8 Å². The van der Waals surface area contributed by atoms with Gasteiger partial charge < -0.3 is 10.2 Å². The van der Waals surface area contributed by atoms with Crippen LogP contribution in [0.15, 0.2) is 23.6 Å². The number of rotatable bonds is 2. The van der Waals surface area contributed by atoms with E-state index >= 15 is 0 Å². The smallest absolute Gasteiger partial charge is 0.316 e. The molecule has 0 fully saturated rings. The van der Waals surface area contributed by atoms with E-state index in [2.05, 4.69) is 10.3 Å². The van der Waals surface area contributed by atoms with Crippen LogP contribution in [0.3, 0.4) is 0 Å². The number of hydrogen-bond acceptors (Lipinski definition) is 4. The fraction of sp³-hybridized carbons (Fsp3) is 0.312. The van der Waals surface area contributed by atoms with Crippen LogP contribution in [-0.4, -0.2) is 23.3 Å². The molecule has 3 rings (SSSR count). The van der Waals surface area contributed by atoms with Gasteiger partial charge in [0, 0.05) is 22.6 Å². The minimum atomic E-state index is -0.613. The van der Waals surface area contributed by atoms with Crippen LogP contribution in [0.2, 0.25) is 5.02 Å². The summed E-state index contributed by atoms with van der Waals surface area (Å²) in [4.78, 5) is 30.4. The number of aromatic nitrogens is 1. The second-order valence-electron chi connectivity index (χ2n) is 5.37. The Morgan fingerprint density at radius 1 is 1.43 bits per heavy atom. The van der Waals surface area contributed by atoms with Gasteiger partial charge in [0.25, 0.3) is 0 Å². The Hall–Kier alpha value is -1.92. The number of nitrogens with zero attached hydrogens (tertiary/aromatic N) is 2. The zero-order valence-electron chi connectivity index (χ0n) is 12.6. The third kappa shape index (κ3) is 3.54. The molecule has 2 heterocycles. The highest BCUT2D eigenvalue weighted by atomic mass is 35.5. The van der Waals surface area contributed by atoms with Crippen molar-refractivity contribution in [2.75, 3.05) is 11.4 Å². The molecule has 0 unspecified atom stereocenters. The number of halogens is 1. The van der Waals surface area contributed by atoms with Crippen LogP contribution in [0.1, 0.15) is 22.7 Å². The minimum Gasteiger partial charge on any atom is -0.342 e. The summed E-state index contributed by atoms with van der Waals surface area (Å²) in [6, 6.07) is 5.39. The second-order valence-corrected chi connectivity index (χ2v) is 6.87. The van der Waals surface area contributed by atoms with Crippen LogP contribution in [0, 0.1) is 6.92 Å². The number of carbonyl (C=O) groups is 2. The molecule has 2 aromatic rings. The van der Waals surface area contributed by atoms with Crippen molar-refractivity contribution >= 4 is 40.4 Å². The van der Waals surface area contributed by atoms with E-state index in [1.165, 1.54) is 16.2 Å². The first-order valence-electron chi connectivity index (χ1n) is 7.34. The van der Waals surface area contributed by atoms with Gasteiger partial charge in [-0.2, -0.15) is 0 Å². The number of hydrogen-bond donors (Lipinski definition) is 1. The Morgan fingerprint density at radius 2 is 2.26 bits per heavy atom. The van der Waals surface area contributed by atoms with Crippen LogP contribution < -0.4 is 10.2 Å². The lowest BCUT2D eigenvalue weighted by Gasteiger charge is -2.29. The third-order valence-electron chi connectivity index (χ3n) is 3.70. The van der Waals surface area contributed by atoms with E-state index in [-0.39, 0.29) is 6.54 Å². The summed E-state index contributed by atoms with van der Waals surface area (Å²) in [7, 11) is 0. The molecule has 2 amide bonds. The minimum absolute atomic E-state index is 0.260. The van der Waals surface area contributed by atoms with Gasteiger partial charge in [-0.25, -0.2) is 4.98 Å². The third-order valence-corrected chi connectivity index (χ3v) is 4.75. The van der Waals surface area contributed by atoms with E-state index in [0.29, 0.717) is 11.6 Å². The number of carbonyl (C=O) groups excluding carboxylic acids is 2. The number of nitrogens with one attached hydrogen (secondary N) is 1. The predicted octanol–water partition coefficient (Wildman–Crippen LogP) is 2.70. The first-order chi connectivity index (χ1) is 11.0. The first-order valence-corrected chi connectivity index (χ1v) is 8.59. The molecule has 1 aliphatic heterocycles. The van der Waals surface area contributed by atoms with E-state index in [1.54, 1.807) is 12.1 Å². The number of fused-ring (bicyclic) bond motifs is 1. The highest BCUT2D eigenvalue weighted by Crippen LogP contribution is 2.29. The maximum Gasteiger partial charge on any atom is 0.316 e. The second kappa shape index (κ2) is 6.68. The zero-order chi connectivity index (χ0) is 16.4. The average Bonchev–Trinajstić information content (AvgIpc) is 2.96. The maximum atomic E-state index is 12.4. The number of thiazole rings is 1. The van der Waals surface area contributed by atoms with E-state index < -0.39 is 11.8 Å². The fourth-order valence-electron chi connectivity index (χ4n) is 2.64. The largest absolute Gasteiger partial charge is 0.342 e. The van der Waals surface area contributed by atoms with Crippen LogP contribution >= 0.6 is 22.9 Å². The molecule has 1 aromatic heterocycles. The van der Waals surface area contributed by atoms with E-state index in [0.717, 1.165) is 34.8 Å². The van der Waals surface area contributed by atoms with Gasteiger partial charge in [-0.1, -0.05) is 11.6 Å². The molecule has 0 bridgehead atoms. The molecule has 1 N–H and O–H groups in total. The Morgan fingerprint density at radius 3 is 3.00 bits per heavy atom. The molecule has 1 aromatic carbocycles. The molecule has 7 heteroatoms. The molecule has 23 heavy (non-hydrogen) atoms. The lowest BCUT2D eigenvalue weighted by atomic mass is 10.0. The number of aryl methyl sites for hydroxylation is 2. The highest BCUT2D eigenvalue weighted by Gasteiger charge is 2.27. The van der Waals surface area contributed by atoms with Crippen molar-refractivity contribution in [2.24, 2.45) is 0 Å². The molecule has 0 saturated carbocycles. The summed E-state index contributed by atoms with van der Waals surface area (Å²) in [5, 5.41) is 6.09. The molecule has 1 aliphatic rings. The van der Waals surface area contributed by atoms with Crippen molar-refractivity contribution in [1.82, 2.24) is 10.3 Å². The average molecular weight is 350 g/mol. The van der Waals surface area contributed by atoms with Crippen LogP contribution in [0.25, 0.3) is 0 Å². The highest BCUT2D eigenvalue weighted by molar-refractivity contribution is 7.09. The van der Waals surface area contributed by atoms with Crippen molar-refractivity contribution in [3.8, 4) is 0 Å². The van der Waals surface area contributed by atoms with Crippen LogP contribution in [0.5, 0.6) is 0 Å². The first kappa shape index (κ1) is 16.0. The van der Waals surface area contributed by atoms with E-state index in [9.17, 15) is 9.59 Å². The summed E-state index contributed by atoms with van der Waals surface area (Å²) >= 11 is 7.51. The zero-order valence-corrected chi connectivity index (χ0v) is 14.2. The molecule has 0 atom stereocenters. The van der Waals surface area contributed by atoms with Crippen molar-refractivity contribution in [2.45, 2.75) is 26.3 Å². The van der Waals surface area contributed by atoms with Gasteiger partial charge in [0.15, 0.2) is 0 Å². The number of anilines is 1. The lowest BCUT2D eigenvalue weighted by molar-refractivity contribution is -0.137. The molecule has 0 saturated heterocycles. The topological polar surface area (TPSA) is 62.3 Å². The predicted molar refractivity (Wildman–Crippen MR) is 90.8 cm³/mol. The van der Waals surface area contributed by atoms with E-state index in [1.807, 2.05) is 18.4 Å². The molecule has 120 valence electrons. The van der Waals surface area contributed by atoms with Crippen molar-refractivity contribution < 1.29 is 9.59 Å². The SMILES string of the molecule is Cc1nc(CNC(=O)C(=O)N2CCCc3cc(Cl)ccc32)cs1. The Labute approximate surface area is 143 Å². The number of benzene rings is 1. The fourth-order valence-corrected chi connectivity index (χ4v) is 3.44. The summed E-state index contributed by atoms with van der Waals surface area (Å²) in [6.07, 6.45) is 1.68. The van der Waals surface area contributed by atoms with Gasteiger partial charge in [-0.05, 0) is 43.5 Å². The Balaban J connectivity index is 1.69. The Bertz CT molecular complexity index is 760. The normalized spacial score (nSPS) is 13.6. The van der Waals surface area contributed by atoms with Crippen molar-refractivity contribution in [1.29, 1.82) is 0 Å². The molecular weight excluding hydrogens is 334 g/mol. The summed E-state index contributed by atoms with van der Waals surface area (Å²) in [5.41, 5.74) is 2.53. The van der Waals surface area contributed by atoms with Crippen LogP contribution in [-0.2, 0) is 22.6 Å². The monoisotopic (exact) mass is 349 g/mol. The molecule has 0 aliphatic carbocycles. The molecule has 5 nitrogen and oxygen atoms in total. The maximum absolute atomic E-state index is 12.4. The molecule has 0 radical (unpaired) electrons.